The zero-order valence-corrected chi connectivity index (χ0v) is 14.5. The van der Waals surface area contributed by atoms with Crippen LogP contribution in [-0.4, -0.2) is 29.5 Å². The lowest BCUT2D eigenvalue weighted by molar-refractivity contribution is 0.0954. The molecular formula is C20H20N4O2. The number of amides is 1. The van der Waals surface area contributed by atoms with Crippen molar-refractivity contribution in [1.82, 2.24) is 15.3 Å². The van der Waals surface area contributed by atoms with Crippen molar-refractivity contribution in [3.63, 3.8) is 0 Å². The van der Waals surface area contributed by atoms with Crippen LogP contribution in [0.25, 0.3) is 0 Å². The van der Waals surface area contributed by atoms with Crippen molar-refractivity contribution < 1.29 is 9.53 Å². The van der Waals surface area contributed by atoms with Crippen LogP contribution in [0.3, 0.4) is 0 Å². The van der Waals surface area contributed by atoms with Crippen molar-refractivity contribution in [2.24, 2.45) is 0 Å². The third kappa shape index (κ3) is 4.80. The predicted molar refractivity (Wildman–Crippen MR) is 101 cm³/mol. The van der Waals surface area contributed by atoms with Gasteiger partial charge in [0.15, 0.2) is 0 Å². The number of ether oxygens (including phenoxy) is 1. The van der Waals surface area contributed by atoms with Gasteiger partial charge in [-0.25, -0.2) is 0 Å². The minimum absolute atomic E-state index is 0.152. The van der Waals surface area contributed by atoms with Crippen LogP contribution < -0.4 is 15.4 Å². The molecule has 1 amide bonds. The van der Waals surface area contributed by atoms with E-state index < -0.39 is 0 Å². The predicted octanol–water partition coefficient (Wildman–Crippen LogP) is 3.20. The van der Waals surface area contributed by atoms with Crippen LogP contribution in [0.15, 0.2) is 67.3 Å². The molecule has 0 spiro atoms. The van der Waals surface area contributed by atoms with E-state index in [1.807, 2.05) is 36.4 Å². The maximum absolute atomic E-state index is 12.3. The van der Waals surface area contributed by atoms with Crippen LogP contribution in [0.4, 0.5) is 11.4 Å². The molecule has 6 heteroatoms. The molecule has 0 aliphatic heterocycles. The average Bonchev–Trinajstić information content (AvgIpc) is 2.69. The van der Waals surface area contributed by atoms with Crippen LogP contribution in [0, 0.1) is 0 Å². The quantitative estimate of drug-likeness (QED) is 0.686. The number of aromatic nitrogens is 2. The fourth-order valence-corrected chi connectivity index (χ4v) is 2.45. The monoisotopic (exact) mass is 348 g/mol. The highest BCUT2D eigenvalue weighted by atomic mass is 16.5. The fourth-order valence-electron chi connectivity index (χ4n) is 2.45. The summed E-state index contributed by atoms with van der Waals surface area (Å²) in [6.07, 6.45) is 7.38. The minimum atomic E-state index is -0.152. The third-order valence-electron chi connectivity index (χ3n) is 3.81. The Kier molecular flexibility index (Phi) is 5.77. The molecule has 3 aromatic rings. The number of carbonyl (C=O) groups is 1. The summed E-state index contributed by atoms with van der Waals surface area (Å²) in [6, 6.07) is 13.3. The molecule has 0 unspecified atom stereocenters. The highest BCUT2D eigenvalue weighted by molar-refractivity contribution is 5.94. The van der Waals surface area contributed by atoms with Crippen LogP contribution in [-0.2, 0) is 6.42 Å². The Balaban J connectivity index is 1.55. The van der Waals surface area contributed by atoms with E-state index in [1.165, 1.54) is 0 Å². The lowest BCUT2D eigenvalue weighted by Crippen LogP contribution is -2.25. The Morgan fingerprint density at radius 1 is 1.04 bits per heavy atom. The summed E-state index contributed by atoms with van der Waals surface area (Å²) < 4.78 is 5.14. The van der Waals surface area contributed by atoms with Crippen LogP contribution in [0.5, 0.6) is 5.75 Å². The average molecular weight is 348 g/mol. The number of rotatable bonds is 7. The maximum atomic E-state index is 12.3. The van der Waals surface area contributed by atoms with Crippen molar-refractivity contribution in [1.29, 1.82) is 0 Å². The Labute approximate surface area is 152 Å². The van der Waals surface area contributed by atoms with E-state index in [0.29, 0.717) is 12.1 Å². The van der Waals surface area contributed by atoms with E-state index in [-0.39, 0.29) is 5.91 Å². The molecule has 1 aromatic carbocycles. The van der Waals surface area contributed by atoms with Crippen LogP contribution >= 0.6 is 0 Å². The number of pyridine rings is 2. The van der Waals surface area contributed by atoms with E-state index >= 15 is 0 Å². The second-order valence-electron chi connectivity index (χ2n) is 5.68. The van der Waals surface area contributed by atoms with E-state index in [4.69, 9.17) is 4.74 Å². The molecule has 2 N–H and O–H groups in total. The van der Waals surface area contributed by atoms with Gasteiger partial charge < -0.3 is 15.4 Å². The van der Waals surface area contributed by atoms with Gasteiger partial charge in [0.05, 0.1) is 36.4 Å². The first-order valence-electron chi connectivity index (χ1n) is 8.28. The zero-order chi connectivity index (χ0) is 18.2. The summed E-state index contributed by atoms with van der Waals surface area (Å²) in [7, 11) is 1.64. The van der Waals surface area contributed by atoms with Crippen molar-refractivity contribution >= 4 is 17.3 Å². The number of benzene rings is 1. The summed E-state index contributed by atoms with van der Waals surface area (Å²) in [5.74, 6) is 0.669. The van der Waals surface area contributed by atoms with Gasteiger partial charge in [-0.3, -0.25) is 14.8 Å². The third-order valence-corrected chi connectivity index (χ3v) is 3.81. The number of hydrogen-bond acceptors (Lipinski definition) is 5. The molecule has 2 heterocycles. The van der Waals surface area contributed by atoms with Gasteiger partial charge in [-0.2, -0.15) is 0 Å². The molecule has 0 fully saturated rings. The Hall–Kier alpha value is -3.41. The summed E-state index contributed by atoms with van der Waals surface area (Å²) in [6.45, 7) is 0.547. The van der Waals surface area contributed by atoms with Crippen molar-refractivity contribution in [2.45, 2.75) is 6.42 Å². The maximum Gasteiger partial charge on any atom is 0.252 e. The molecule has 0 radical (unpaired) electrons. The minimum Gasteiger partial charge on any atom is -0.497 e. The highest BCUT2D eigenvalue weighted by Crippen LogP contribution is 2.15. The van der Waals surface area contributed by atoms with Crippen molar-refractivity contribution in [2.75, 3.05) is 19.0 Å². The van der Waals surface area contributed by atoms with Gasteiger partial charge in [0, 0.05) is 18.9 Å². The SMILES string of the molecule is COc1ccc(CCNC(=O)c2cncc(Nc3cccnc3)c2)cc1. The molecule has 0 saturated carbocycles. The highest BCUT2D eigenvalue weighted by Gasteiger charge is 2.07. The number of methoxy groups -OCH3 is 1. The zero-order valence-electron chi connectivity index (χ0n) is 14.5. The first-order chi connectivity index (χ1) is 12.7. The molecule has 26 heavy (non-hydrogen) atoms. The Morgan fingerprint density at radius 3 is 2.58 bits per heavy atom. The van der Waals surface area contributed by atoms with Gasteiger partial charge in [-0.15, -0.1) is 0 Å². The Bertz CT molecular complexity index is 851. The standard InChI is InChI=1S/C20H20N4O2/c1-26-19-6-4-15(5-7-19)8-10-23-20(25)16-11-18(14-22-12-16)24-17-3-2-9-21-13-17/h2-7,9,11-14,24H,8,10H2,1H3,(H,23,25). The molecule has 3 rings (SSSR count). The second-order valence-corrected chi connectivity index (χ2v) is 5.68. The number of carbonyl (C=O) groups excluding carboxylic acids is 1. The van der Waals surface area contributed by atoms with Crippen LogP contribution in [0.1, 0.15) is 15.9 Å². The molecule has 2 aromatic heterocycles. The second kappa shape index (κ2) is 8.62. The van der Waals surface area contributed by atoms with Crippen LogP contribution in [0.2, 0.25) is 0 Å². The number of anilines is 2. The van der Waals surface area contributed by atoms with Gasteiger partial charge in [-0.05, 0) is 42.3 Å². The van der Waals surface area contributed by atoms with Gasteiger partial charge >= 0.3 is 0 Å². The smallest absolute Gasteiger partial charge is 0.252 e. The largest absolute Gasteiger partial charge is 0.497 e. The number of nitrogens with zero attached hydrogens (tertiary/aromatic N) is 2. The van der Waals surface area contributed by atoms with Crippen molar-refractivity contribution in [3.8, 4) is 5.75 Å². The van der Waals surface area contributed by atoms with E-state index in [9.17, 15) is 4.79 Å². The molecule has 0 aliphatic rings. The lowest BCUT2D eigenvalue weighted by atomic mass is 10.1. The normalized spacial score (nSPS) is 10.2. The Morgan fingerprint density at radius 2 is 1.85 bits per heavy atom. The van der Waals surface area contributed by atoms with Gasteiger partial charge in [0.1, 0.15) is 5.75 Å². The molecule has 0 aliphatic carbocycles. The van der Waals surface area contributed by atoms with Gasteiger partial charge in [0.2, 0.25) is 0 Å². The molecule has 132 valence electrons. The molecule has 0 bridgehead atoms. The van der Waals surface area contributed by atoms with Gasteiger partial charge in [-0.1, -0.05) is 12.1 Å². The molecule has 0 atom stereocenters. The van der Waals surface area contributed by atoms with Gasteiger partial charge in [0.25, 0.3) is 5.91 Å². The first kappa shape index (κ1) is 17.4. The van der Waals surface area contributed by atoms with E-state index in [2.05, 4.69) is 20.6 Å². The summed E-state index contributed by atoms with van der Waals surface area (Å²) in [4.78, 5) is 20.5. The summed E-state index contributed by atoms with van der Waals surface area (Å²) in [5, 5.41) is 6.09. The van der Waals surface area contributed by atoms with E-state index in [1.54, 1.807) is 38.0 Å². The van der Waals surface area contributed by atoms with E-state index in [0.717, 1.165) is 29.1 Å². The summed E-state index contributed by atoms with van der Waals surface area (Å²) in [5.41, 5.74) is 3.22. The first-order valence-corrected chi connectivity index (χ1v) is 8.28. The molecular weight excluding hydrogens is 328 g/mol. The number of hydrogen-bond donors (Lipinski definition) is 2. The molecule has 6 nitrogen and oxygen atoms in total. The topological polar surface area (TPSA) is 76.1 Å². The molecule has 0 saturated heterocycles. The fraction of sp³-hybridized carbons (Fsp3) is 0.150. The number of nitrogens with one attached hydrogen (secondary N) is 2. The lowest BCUT2D eigenvalue weighted by Gasteiger charge is -2.09. The summed E-state index contributed by atoms with van der Waals surface area (Å²) >= 11 is 0. The van der Waals surface area contributed by atoms with Crippen molar-refractivity contribution in [3.05, 3.63) is 78.4 Å².